The highest BCUT2D eigenvalue weighted by molar-refractivity contribution is 5.78. The lowest BCUT2D eigenvalue weighted by Gasteiger charge is -2.37. The topological polar surface area (TPSA) is 28.2 Å². The quantitative estimate of drug-likeness (QED) is 0.935. The van der Waals surface area contributed by atoms with Crippen LogP contribution in [0.1, 0.15) is 25.8 Å². The first-order valence-corrected chi connectivity index (χ1v) is 8.05. The molecule has 0 spiro atoms. The first kappa shape index (κ1) is 14.5. The summed E-state index contributed by atoms with van der Waals surface area (Å²) in [7, 11) is 0. The Morgan fingerprint density at radius 1 is 1.33 bits per heavy atom. The number of rotatable bonds is 4. The van der Waals surface area contributed by atoms with Gasteiger partial charge in [-0.25, -0.2) is 0 Å². The van der Waals surface area contributed by atoms with Gasteiger partial charge in [0, 0.05) is 30.7 Å². The van der Waals surface area contributed by atoms with Crippen LogP contribution < -0.4 is 5.32 Å². The van der Waals surface area contributed by atoms with Crippen molar-refractivity contribution in [3.63, 3.8) is 0 Å². The van der Waals surface area contributed by atoms with Crippen molar-refractivity contribution in [3.05, 3.63) is 42.1 Å². The third-order valence-electron chi connectivity index (χ3n) is 4.53. The van der Waals surface area contributed by atoms with E-state index in [2.05, 4.69) is 53.3 Å². The minimum Gasteiger partial charge on any atom is -0.314 e. The Hall–Kier alpha value is -1.45. The van der Waals surface area contributed by atoms with Crippen LogP contribution in [-0.4, -0.2) is 35.6 Å². The van der Waals surface area contributed by atoms with Crippen LogP contribution in [0.3, 0.4) is 0 Å². The van der Waals surface area contributed by atoms with Crippen LogP contribution in [0.4, 0.5) is 0 Å². The largest absolute Gasteiger partial charge is 0.314 e. The molecule has 2 aromatic rings. The molecule has 1 fully saturated rings. The number of pyridine rings is 1. The molecule has 1 aromatic carbocycles. The molecule has 0 radical (unpaired) electrons. The molecule has 21 heavy (non-hydrogen) atoms. The van der Waals surface area contributed by atoms with Gasteiger partial charge in [-0.15, -0.1) is 0 Å². The molecule has 1 N–H and O–H groups in total. The Bertz CT molecular complexity index is 596. The number of benzene rings is 1. The normalized spacial score (nSPS) is 23.5. The predicted octanol–water partition coefficient (Wildman–Crippen LogP) is 3.05. The van der Waals surface area contributed by atoms with E-state index in [0.717, 1.165) is 24.5 Å². The molecule has 0 saturated carbocycles. The fraction of sp³-hybridized carbons (Fsp3) is 0.500. The highest BCUT2D eigenvalue weighted by atomic mass is 15.1. The van der Waals surface area contributed by atoms with E-state index >= 15 is 0 Å². The summed E-state index contributed by atoms with van der Waals surface area (Å²) >= 11 is 0. The van der Waals surface area contributed by atoms with E-state index in [4.69, 9.17) is 0 Å². The molecule has 3 nitrogen and oxygen atoms in total. The molecule has 112 valence electrons. The summed E-state index contributed by atoms with van der Waals surface area (Å²) in [5, 5.41) is 4.85. The maximum atomic E-state index is 4.39. The van der Waals surface area contributed by atoms with Gasteiger partial charge in [-0.2, -0.15) is 0 Å². The molecule has 1 aromatic heterocycles. The zero-order valence-corrected chi connectivity index (χ0v) is 13.0. The Labute approximate surface area is 127 Å². The smallest absolute Gasteiger partial charge is 0.0702 e. The molecule has 2 unspecified atom stereocenters. The van der Waals surface area contributed by atoms with Gasteiger partial charge in [0.1, 0.15) is 0 Å². The SMILES string of the molecule is CCNC1CCN(Cc2ccc3ncccc3c2)CC1C. The highest BCUT2D eigenvalue weighted by Gasteiger charge is 2.25. The van der Waals surface area contributed by atoms with Gasteiger partial charge in [-0.05, 0) is 49.2 Å². The molecule has 2 heterocycles. The Morgan fingerprint density at radius 3 is 3.05 bits per heavy atom. The number of hydrogen-bond donors (Lipinski definition) is 1. The van der Waals surface area contributed by atoms with Gasteiger partial charge in [-0.1, -0.05) is 26.0 Å². The van der Waals surface area contributed by atoms with Crippen molar-refractivity contribution >= 4 is 10.9 Å². The summed E-state index contributed by atoms with van der Waals surface area (Å²) in [5.74, 6) is 0.723. The summed E-state index contributed by atoms with van der Waals surface area (Å²) in [5.41, 5.74) is 2.48. The van der Waals surface area contributed by atoms with Gasteiger partial charge >= 0.3 is 0 Å². The third-order valence-corrected chi connectivity index (χ3v) is 4.53. The maximum absolute atomic E-state index is 4.39. The second-order valence-corrected chi connectivity index (χ2v) is 6.20. The number of aromatic nitrogens is 1. The van der Waals surface area contributed by atoms with Crippen LogP contribution in [0.2, 0.25) is 0 Å². The molecule has 1 aliphatic heterocycles. The molecule has 0 aliphatic carbocycles. The van der Waals surface area contributed by atoms with Crippen LogP contribution >= 0.6 is 0 Å². The van der Waals surface area contributed by atoms with Crippen LogP contribution in [0, 0.1) is 5.92 Å². The number of nitrogens with one attached hydrogen (secondary N) is 1. The molecule has 2 atom stereocenters. The zero-order chi connectivity index (χ0) is 14.7. The standard InChI is InChI=1S/C18H25N3/c1-3-19-17-8-10-21(12-14(17)2)13-15-6-7-18-16(11-15)5-4-9-20-18/h4-7,9,11,14,17,19H,3,8,10,12-13H2,1-2H3. The molecular weight excluding hydrogens is 258 g/mol. The van der Waals surface area contributed by atoms with Crippen molar-refractivity contribution in [2.75, 3.05) is 19.6 Å². The number of fused-ring (bicyclic) bond motifs is 1. The van der Waals surface area contributed by atoms with Crippen LogP contribution in [0.25, 0.3) is 10.9 Å². The van der Waals surface area contributed by atoms with E-state index < -0.39 is 0 Å². The highest BCUT2D eigenvalue weighted by Crippen LogP contribution is 2.20. The van der Waals surface area contributed by atoms with Crippen molar-refractivity contribution in [2.24, 2.45) is 5.92 Å². The minimum absolute atomic E-state index is 0.687. The summed E-state index contributed by atoms with van der Waals surface area (Å²) in [6, 6.07) is 11.5. The predicted molar refractivity (Wildman–Crippen MR) is 88.3 cm³/mol. The van der Waals surface area contributed by atoms with Crippen molar-refractivity contribution in [2.45, 2.75) is 32.9 Å². The summed E-state index contributed by atoms with van der Waals surface area (Å²) in [6.45, 7) is 9.06. The van der Waals surface area contributed by atoms with Gasteiger partial charge < -0.3 is 5.32 Å². The first-order valence-electron chi connectivity index (χ1n) is 8.05. The van der Waals surface area contributed by atoms with Gasteiger partial charge in [0.25, 0.3) is 0 Å². The second kappa shape index (κ2) is 6.54. The molecule has 0 bridgehead atoms. The Kier molecular flexibility index (Phi) is 4.51. The first-order chi connectivity index (χ1) is 10.3. The van der Waals surface area contributed by atoms with Crippen LogP contribution in [0.5, 0.6) is 0 Å². The van der Waals surface area contributed by atoms with E-state index in [0.29, 0.717) is 6.04 Å². The van der Waals surface area contributed by atoms with E-state index in [1.807, 2.05) is 12.3 Å². The summed E-state index contributed by atoms with van der Waals surface area (Å²) in [4.78, 5) is 6.97. The fourth-order valence-electron chi connectivity index (χ4n) is 3.42. The number of likely N-dealkylation sites (tertiary alicyclic amines) is 1. The second-order valence-electron chi connectivity index (χ2n) is 6.20. The lowest BCUT2D eigenvalue weighted by atomic mass is 9.93. The molecule has 3 rings (SSSR count). The van der Waals surface area contributed by atoms with Gasteiger partial charge in [0.2, 0.25) is 0 Å². The van der Waals surface area contributed by atoms with Crippen molar-refractivity contribution in [1.29, 1.82) is 0 Å². The maximum Gasteiger partial charge on any atom is 0.0702 e. The van der Waals surface area contributed by atoms with E-state index in [1.54, 1.807) is 0 Å². The monoisotopic (exact) mass is 283 g/mol. The van der Waals surface area contributed by atoms with Crippen molar-refractivity contribution < 1.29 is 0 Å². The molecule has 1 aliphatic rings. The Balaban J connectivity index is 1.66. The Morgan fingerprint density at radius 2 is 2.24 bits per heavy atom. The zero-order valence-electron chi connectivity index (χ0n) is 13.0. The van der Waals surface area contributed by atoms with E-state index in [-0.39, 0.29) is 0 Å². The molecule has 1 saturated heterocycles. The summed E-state index contributed by atoms with van der Waals surface area (Å²) in [6.07, 6.45) is 3.11. The minimum atomic E-state index is 0.687. The van der Waals surface area contributed by atoms with Gasteiger partial charge in [0.15, 0.2) is 0 Å². The van der Waals surface area contributed by atoms with E-state index in [1.165, 1.54) is 30.5 Å². The number of nitrogens with zero attached hydrogens (tertiary/aromatic N) is 2. The third kappa shape index (κ3) is 3.42. The lowest BCUT2D eigenvalue weighted by molar-refractivity contribution is 0.142. The molecular formula is C18H25N3. The van der Waals surface area contributed by atoms with Gasteiger partial charge in [0.05, 0.1) is 5.52 Å². The fourth-order valence-corrected chi connectivity index (χ4v) is 3.42. The van der Waals surface area contributed by atoms with E-state index in [9.17, 15) is 0 Å². The van der Waals surface area contributed by atoms with Crippen molar-refractivity contribution in [1.82, 2.24) is 15.2 Å². The average Bonchev–Trinajstić information content (AvgIpc) is 2.50. The lowest BCUT2D eigenvalue weighted by Crippen LogP contribution is -2.47. The average molecular weight is 283 g/mol. The molecule has 3 heteroatoms. The van der Waals surface area contributed by atoms with Crippen LogP contribution in [0.15, 0.2) is 36.5 Å². The summed E-state index contributed by atoms with van der Waals surface area (Å²) < 4.78 is 0. The molecule has 0 amide bonds. The van der Waals surface area contributed by atoms with Crippen molar-refractivity contribution in [3.8, 4) is 0 Å². The van der Waals surface area contributed by atoms with Crippen LogP contribution in [-0.2, 0) is 6.54 Å². The number of piperidine rings is 1. The van der Waals surface area contributed by atoms with Gasteiger partial charge in [-0.3, -0.25) is 9.88 Å². The number of hydrogen-bond acceptors (Lipinski definition) is 3.